The van der Waals surface area contributed by atoms with E-state index in [2.05, 4.69) is 22.4 Å². The highest BCUT2D eigenvalue weighted by molar-refractivity contribution is 6.10. The highest BCUT2D eigenvalue weighted by Gasteiger charge is 2.42. The second kappa shape index (κ2) is 9.43. The van der Waals surface area contributed by atoms with Gasteiger partial charge in [0.1, 0.15) is 18.3 Å². The monoisotopic (exact) mass is 541 g/mol. The van der Waals surface area contributed by atoms with Crippen LogP contribution in [0.5, 0.6) is 0 Å². The maximum absolute atomic E-state index is 14.2. The summed E-state index contributed by atoms with van der Waals surface area (Å²) in [5.74, 6) is 0.0265. The van der Waals surface area contributed by atoms with Crippen LogP contribution in [0, 0.1) is 5.92 Å². The molecule has 1 atom stereocenters. The van der Waals surface area contributed by atoms with E-state index in [0.717, 1.165) is 24.8 Å². The van der Waals surface area contributed by atoms with E-state index in [9.17, 15) is 22.4 Å². The molecule has 0 unspecified atom stereocenters. The number of nitrogens with one attached hydrogen (secondary N) is 1. The van der Waals surface area contributed by atoms with E-state index < -0.39 is 23.8 Å². The first-order valence-electron chi connectivity index (χ1n) is 13.4. The summed E-state index contributed by atoms with van der Waals surface area (Å²) >= 11 is 0. The van der Waals surface area contributed by atoms with Crippen molar-refractivity contribution in [3.05, 3.63) is 76.4 Å². The molecule has 39 heavy (non-hydrogen) atoms. The van der Waals surface area contributed by atoms with Crippen molar-refractivity contribution in [1.82, 2.24) is 20.1 Å². The fraction of sp³-hybridized carbons (Fsp3) is 0.483. The van der Waals surface area contributed by atoms with Crippen molar-refractivity contribution in [3.8, 4) is 0 Å². The number of amides is 1. The molecular weight excluding hydrogens is 510 g/mol. The van der Waals surface area contributed by atoms with Crippen LogP contribution in [0.15, 0.2) is 42.7 Å². The Morgan fingerprint density at radius 1 is 1.18 bits per heavy atom. The minimum atomic E-state index is -4.58. The zero-order chi connectivity index (χ0) is 27.5. The molecule has 6 nitrogen and oxygen atoms in total. The predicted octanol–water partition coefficient (Wildman–Crippen LogP) is 5.91. The molecule has 2 saturated carbocycles. The number of fused-ring (bicyclic) bond motifs is 1. The first kappa shape index (κ1) is 26.0. The van der Waals surface area contributed by atoms with Crippen LogP contribution in [0.3, 0.4) is 0 Å². The Morgan fingerprint density at radius 3 is 2.56 bits per heavy atom. The summed E-state index contributed by atoms with van der Waals surface area (Å²) in [4.78, 5) is 15.0. The van der Waals surface area contributed by atoms with Gasteiger partial charge in [-0.25, -0.2) is 4.39 Å². The SMILES string of the molecule is Cn1cnnc1[C@H](c1cccc(N2Cc3c(cc(CNC4(C)CCC4)cc3C(F)(F)F)C2=O)c1)C1CC(F)C1. The molecule has 10 heteroatoms. The number of rotatable bonds is 7. The number of benzene rings is 2. The van der Waals surface area contributed by atoms with Gasteiger partial charge in [-0.1, -0.05) is 12.1 Å². The topological polar surface area (TPSA) is 63.1 Å². The predicted molar refractivity (Wildman–Crippen MR) is 138 cm³/mol. The summed E-state index contributed by atoms with van der Waals surface area (Å²) in [5, 5.41) is 11.6. The van der Waals surface area contributed by atoms with Crippen LogP contribution in [0.2, 0.25) is 0 Å². The molecule has 2 aromatic carbocycles. The van der Waals surface area contributed by atoms with Crippen molar-refractivity contribution in [2.24, 2.45) is 13.0 Å². The van der Waals surface area contributed by atoms with Crippen molar-refractivity contribution < 1.29 is 22.4 Å². The zero-order valence-electron chi connectivity index (χ0n) is 21.9. The van der Waals surface area contributed by atoms with Gasteiger partial charge in [0, 0.05) is 36.3 Å². The van der Waals surface area contributed by atoms with E-state index in [1.807, 2.05) is 19.2 Å². The van der Waals surface area contributed by atoms with E-state index in [1.54, 1.807) is 29.1 Å². The second-order valence-corrected chi connectivity index (χ2v) is 11.5. The van der Waals surface area contributed by atoms with Crippen molar-refractivity contribution in [3.63, 3.8) is 0 Å². The van der Waals surface area contributed by atoms with Gasteiger partial charge in [-0.05, 0) is 85.9 Å². The lowest BCUT2D eigenvalue weighted by Gasteiger charge is -2.39. The molecule has 206 valence electrons. The normalized spacial score (nSPS) is 22.8. The Bertz CT molecular complexity index is 1410. The highest BCUT2D eigenvalue weighted by atomic mass is 19.4. The third kappa shape index (κ3) is 4.73. The fourth-order valence-electron chi connectivity index (χ4n) is 6.18. The third-order valence-electron chi connectivity index (χ3n) is 8.74. The zero-order valence-corrected chi connectivity index (χ0v) is 21.9. The Morgan fingerprint density at radius 2 is 1.95 bits per heavy atom. The average molecular weight is 542 g/mol. The van der Waals surface area contributed by atoms with Crippen molar-refractivity contribution in [2.45, 2.75) is 75.9 Å². The average Bonchev–Trinajstić information content (AvgIpc) is 3.43. The number of carbonyl (C=O) groups excluding carboxylic acids is 1. The fourth-order valence-corrected chi connectivity index (χ4v) is 6.18. The summed E-state index contributed by atoms with van der Waals surface area (Å²) < 4.78 is 58.1. The number of aromatic nitrogens is 3. The smallest absolute Gasteiger partial charge is 0.320 e. The third-order valence-corrected chi connectivity index (χ3v) is 8.74. The van der Waals surface area contributed by atoms with Gasteiger partial charge in [-0.2, -0.15) is 13.2 Å². The van der Waals surface area contributed by atoms with Crippen molar-refractivity contribution >= 4 is 11.6 Å². The van der Waals surface area contributed by atoms with Crippen LogP contribution in [0.25, 0.3) is 0 Å². The van der Waals surface area contributed by atoms with Gasteiger partial charge >= 0.3 is 6.18 Å². The molecule has 0 spiro atoms. The van der Waals surface area contributed by atoms with Gasteiger partial charge in [0.15, 0.2) is 0 Å². The van der Waals surface area contributed by atoms with Crippen LogP contribution in [0.4, 0.5) is 23.2 Å². The van der Waals surface area contributed by atoms with Crippen LogP contribution in [0.1, 0.15) is 83.4 Å². The molecule has 3 aromatic rings. The number of alkyl halides is 4. The Hall–Kier alpha value is -3.27. The molecule has 0 radical (unpaired) electrons. The largest absolute Gasteiger partial charge is 0.416 e. The number of aryl methyl sites for hydroxylation is 1. The minimum absolute atomic E-state index is 0.000578. The number of anilines is 1. The molecule has 2 fully saturated rings. The van der Waals surface area contributed by atoms with Crippen LogP contribution in [-0.2, 0) is 26.3 Å². The van der Waals surface area contributed by atoms with E-state index in [0.29, 0.717) is 29.9 Å². The summed E-state index contributed by atoms with van der Waals surface area (Å²) in [7, 11) is 1.83. The first-order chi connectivity index (χ1) is 18.5. The van der Waals surface area contributed by atoms with Crippen molar-refractivity contribution in [1.29, 1.82) is 0 Å². The lowest BCUT2D eigenvalue weighted by Crippen LogP contribution is -2.47. The molecule has 1 amide bonds. The number of carbonyl (C=O) groups is 1. The standard InChI is InChI=1S/C29H31F4N5O/c1-28(7-4-8-28)34-14-17-9-22-23(24(10-17)29(31,32)33)15-38(27(22)39)21-6-3-5-18(13-21)25(19-11-20(30)12-19)26-36-35-16-37(26)2/h3,5-6,9-10,13,16,19-20,25,34H,4,7-8,11-12,14-15H2,1-2H3/t19?,20?,25-/m1/s1. The summed E-state index contributed by atoms with van der Waals surface area (Å²) in [6.07, 6.45) is 0.0172. The summed E-state index contributed by atoms with van der Waals surface area (Å²) in [6, 6.07) is 10.0. The molecule has 1 N–H and O–H groups in total. The molecular formula is C29H31F4N5O. The number of hydrogen-bond donors (Lipinski definition) is 1. The quantitative estimate of drug-likeness (QED) is 0.378. The molecule has 0 bridgehead atoms. The van der Waals surface area contributed by atoms with Crippen LogP contribution >= 0.6 is 0 Å². The Balaban J connectivity index is 1.33. The van der Waals surface area contributed by atoms with Gasteiger partial charge in [0.05, 0.1) is 12.1 Å². The lowest BCUT2D eigenvalue weighted by atomic mass is 9.71. The van der Waals surface area contributed by atoms with Crippen LogP contribution < -0.4 is 10.2 Å². The second-order valence-electron chi connectivity index (χ2n) is 11.5. The molecule has 0 saturated heterocycles. The lowest BCUT2D eigenvalue weighted by molar-refractivity contribution is -0.138. The maximum Gasteiger partial charge on any atom is 0.416 e. The maximum atomic E-state index is 14.2. The van der Waals surface area contributed by atoms with Gasteiger partial charge < -0.3 is 14.8 Å². The van der Waals surface area contributed by atoms with E-state index in [1.165, 1.54) is 11.0 Å². The van der Waals surface area contributed by atoms with Gasteiger partial charge in [0.25, 0.3) is 5.91 Å². The number of halogens is 4. The molecule has 1 aromatic heterocycles. The van der Waals surface area contributed by atoms with Gasteiger partial charge in [-0.15, -0.1) is 10.2 Å². The number of nitrogens with zero attached hydrogens (tertiary/aromatic N) is 4. The van der Waals surface area contributed by atoms with E-state index in [-0.39, 0.29) is 41.6 Å². The van der Waals surface area contributed by atoms with E-state index >= 15 is 0 Å². The molecule has 3 aliphatic rings. The molecule has 1 aliphatic heterocycles. The summed E-state index contributed by atoms with van der Waals surface area (Å²) in [5.41, 5.74) is 1.05. The van der Waals surface area contributed by atoms with Crippen molar-refractivity contribution in [2.75, 3.05) is 4.90 Å². The molecule has 6 rings (SSSR count). The first-order valence-corrected chi connectivity index (χ1v) is 13.4. The van der Waals surface area contributed by atoms with E-state index in [4.69, 9.17) is 0 Å². The highest BCUT2D eigenvalue weighted by Crippen LogP contribution is 2.45. The minimum Gasteiger partial charge on any atom is -0.320 e. The molecule has 2 heterocycles. The Labute approximate surface area is 224 Å². The van der Waals surface area contributed by atoms with Gasteiger partial charge in [0.2, 0.25) is 0 Å². The van der Waals surface area contributed by atoms with Gasteiger partial charge in [-0.3, -0.25) is 4.79 Å². The Kier molecular flexibility index (Phi) is 6.28. The number of hydrogen-bond acceptors (Lipinski definition) is 4. The molecule has 2 aliphatic carbocycles. The summed E-state index contributed by atoms with van der Waals surface area (Å²) in [6.45, 7) is 2.18. The van der Waals surface area contributed by atoms with Crippen LogP contribution in [-0.4, -0.2) is 32.4 Å².